The smallest absolute Gasteiger partial charge is 0.261 e. The summed E-state index contributed by atoms with van der Waals surface area (Å²) in [6, 6.07) is 15.1. The Hall–Kier alpha value is -3.35. The van der Waals surface area contributed by atoms with E-state index in [0.29, 0.717) is 17.5 Å². The van der Waals surface area contributed by atoms with Gasteiger partial charge in [-0.1, -0.05) is 38.1 Å². The first-order valence-electron chi connectivity index (χ1n) is 9.78. The van der Waals surface area contributed by atoms with Crippen molar-refractivity contribution < 1.29 is 18.8 Å². The van der Waals surface area contributed by atoms with Crippen LogP contribution in [0.15, 0.2) is 53.1 Å². The van der Waals surface area contributed by atoms with Crippen LogP contribution in [0.5, 0.6) is 11.5 Å². The Morgan fingerprint density at radius 1 is 1.07 bits per heavy atom. The second kappa shape index (κ2) is 8.98. The number of carbonyl (C=O) groups excluding carboxylic acids is 1. The maximum absolute atomic E-state index is 12.4. The van der Waals surface area contributed by atoms with Crippen LogP contribution in [0.25, 0.3) is 11.4 Å². The predicted octanol–water partition coefficient (Wildman–Crippen LogP) is 4.13. The molecule has 7 heteroatoms. The fourth-order valence-corrected chi connectivity index (χ4v) is 2.78. The summed E-state index contributed by atoms with van der Waals surface area (Å²) >= 11 is 0. The summed E-state index contributed by atoms with van der Waals surface area (Å²) in [5.74, 6) is 1.89. The molecule has 158 valence electrons. The van der Waals surface area contributed by atoms with Crippen LogP contribution in [0, 0.1) is 0 Å². The van der Waals surface area contributed by atoms with Crippen LogP contribution in [0.1, 0.15) is 39.1 Å². The number of nitrogens with zero attached hydrogens (tertiary/aromatic N) is 2. The van der Waals surface area contributed by atoms with E-state index in [-0.39, 0.29) is 17.9 Å². The average Bonchev–Trinajstić information content (AvgIpc) is 3.21. The zero-order valence-corrected chi connectivity index (χ0v) is 17.9. The second-order valence-corrected chi connectivity index (χ2v) is 7.99. The molecule has 0 fully saturated rings. The van der Waals surface area contributed by atoms with Crippen LogP contribution in [-0.4, -0.2) is 29.3 Å². The van der Waals surface area contributed by atoms with Crippen molar-refractivity contribution >= 4 is 5.91 Å². The van der Waals surface area contributed by atoms with Crippen molar-refractivity contribution in [3.8, 4) is 22.9 Å². The molecule has 0 bridgehead atoms. The first-order valence-corrected chi connectivity index (χ1v) is 9.78. The highest BCUT2D eigenvalue weighted by molar-refractivity contribution is 5.80. The molecule has 0 aliphatic rings. The van der Waals surface area contributed by atoms with Gasteiger partial charge in [0.05, 0.1) is 13.7 Å². The molecule has 1 unspecified atom stereocenters. The second-order valence-electron chi connectivity index (χ2n) is 7.99. The number of benzene rings is 2. The third-order valence-electron chi connectivity index (χ3n) is 4.63. The van der Waals surface area contributed by atoms with Crippen molar-refractivity contribution in [1.82, 2.24) is 15.5 Å². The summed E-state index contributed by atoms with van der Waals surface area (Å²) in [5, 5.41) is 6.71. The molecule has 1 atom stereocenters. The van der Waals surface area contributed by atoms with E-state index in [0.717, 1.165) is 11.3 Å². The van der Waals surface area contributed by atoms with E-state index >= 15 is 0 Å². The van der Waals surface area contributed by atoms with Gasteiger partial charge in [-0.05, 0) is 54.3 Å². The van der Waals surface area contributed by atoms with Gasteiger partial charge < -0.3 is 19.3 Å². The molecule has 0 aliphatic carbocycles. The molecule has 0 saturated carbocycles. The van der Waals surface area contributed by atoms with E-state index < -0.39 is 6.10 Å². The van der Waals surface area contributed by atoms with Crippen molar-refractivity contribution in [3.05, 3.63) is 60.0 Å². The minimum absolute atomic E-state index is 0.0657. The quantitative estimate of drug-likeness (QED) is 0.631. The lowest BCUT2D eigenvalue weighted by Crippen LogP contribution is -2.36. The summed E-state index contributed by atoms with van der Waals surface area (Å²) in [4.78, 5) is 16.7. The lowest BCUT2D eigenvalue weighted by molar-refractivity contribution is -0.127. The number of aromatic nitrogens is 2. The number of nitrogens with one attached hydrogen (secondary N) is 1. The van der Waals surface area contributed by atoms with Crippen molar-refractivity contribution in [2.45, 2.75) is 45.8 Å². The molecular weight excluding hydrogens is 382 g/mol. The number of rotatable bonds is 7. The topological polar surface area (TPSA) is 86.5 Å². The SMILES string of the molecule is COc1ccc(-c2noc(CNC(=O)C(C)Oc3ccc(C(C)(C)C)cc3)n2)cc1. The van der Waals surface area contributed by atoms with Gasteiger partial charge in [0.25, 0.3) is 5.91 Å². The molecule has 30 heavy (non-hydrogen) atoms. The minimum Gasteiger partial charge on any atom is -0.497 e. The zero-order chi connectivity index (χ0) is 21.7. The van der Waals surface area contributed by atoms with Crippen LogP contribution < -0.4 is 14.8 Å². The maximum atomic E-state index is 12.4. The van der Waals surface area contributed by atoms with Gasteiger partial charge in [-0.25, -0.2) is 0 Å². The van der Waals surface area contributed by atoms with Crippen molar-refractivity contribution in [2.75, 3.05) is 7.11 Å². The van der Waals surface area contributed by atoms with Gasteiger partial charge in [0.15, 0.2) is 6.10 Å². The third-order valence-corrected chi connectivity index (χ3v) is 4.63. The molecule has 3 aromatic rings. The molecule has 0 spiro atoms. The van der Waals surface area contributed by atoms with Crippen LogP contribution in [-0.2, 0) is 16.8 Å². The summed E-state index contributed by atoms with van der Waals surface area (Å²) in [5.41, 5.74) is 2.07. The Bertz CT molecular complexity index is 973. The average molecular weight is 409 g/mol. The molecule has 1 N–H and O–H groups in total. The monoisotopic (exact) mass is 409 g/mol. The highest BCUT2D eigenvalue weighted by Crippen LogP contribution is 2.24. The zero-order valence-electron chi connectivity index (χ0n) is 17.9. The normalized spacial score (nSPS) is 12.3. The van der Waals surface area contributed by atoms with E-state index in [9.17, 15) is 4.79 Å². The molecule has 7 nitrogen and oxygen atoms in total. The number of hydrogen-bond donors (Lipinski definition) is 1. The molecule has 1 amide bonds. The summed E-state index contributed by atoms with van der Waals surface area (Å²) in [7, 11) is 1.61. The molecule has 1 heterocycles. The molecule has 0 aliphatic heterocycles. The van der Waals surface area contributed by atoms with E-state index in [2.05, 4.69) is 36.2 Å². The minimum atomic E-state index is -0.658. The van der Waals surface area contributed by atoms with Crippen LogP contribution >= 0.6 is 0 Å². The number of hydrogen-bond acceptors (Lipinski definition) is 6. The maximum Gasteiger partial charge on any atom is 0.261 e. The summed E-state index contributed by atoms with van der Waals surface area (Å²) in [6.07, 6.45) is -0.658. The molecule has 0 saturated heterocycles. The number of amides is 1. The Balaban J connectivity index is 1.53. The number of methoxy groups -OCH3 is 1. The summed E-state index contributed by atoms with van der Waals surface area (Å²) < 4.78 is 16.1. The van der Waals surface area contributed by atoms with Gasteiger partial charge in [-0.2, -0.15) is 4.98 Å². The molecule has 1 aromatic heterocycles. The van der Waals surface area contributed by atoms with Gasteiger partial charge in [0, 0.05) is 5.56 Å². The number of carbonyl (C=O) groups is 1. The van der Waals surface area contributed by atoms with Crippen LogP contribution in [0.3, 0.4) is 0 Å². The third kappa shape index (κ3) is 5.37. The van der Waals surface area contributed by atoms with Crippen molar-refractivity contribution in [3.63, 3.8) is 0 Å². The van der Waals surface area contributed by atoms with Gasteiger partial charge >= 0.3 is 0 Å². The predicted molar refractivity (Wildman–Crippen MR) is 113 cm³/mol. The van der Waals surface area contributed by atoms with Crippen LogP contribution in [0.2, 0.25) is 0 Å². The fourth-order valence-electron chi connectivity index (χ4n) is 2.78. The first-order chi connectivity index (χ1) is 14.3. The van der Waals surface area contributed by atoms with Crippen LogP contribution in [0.4, 0.5) is 0 Å². The molecular formula is C23H27N3O4. The standard InChI is InChI=1S/C23H27N3O4/c1-15(29-19-12-8-17(9-13-19)23(2,3)4)22(27)24-14-20-25-21(26-30-20)16-6-10-18(28-5)11-7-16/h6-13,15H,14H2,1-5H3,(H,24,27). The first kappa shape index (κ1) is 21.4. The Morgan fingerprint density at radius 2 is 1.70 bits per heavy atom. The van der Waals surface area contributed by atoms with E-state index in [1.807, 2.05) is 48.5 Å². The van der Waals surface area contributed by atoms with Gasteiger partial charge in [0.1, 0.15) is 11.5 Å². The highest BCUT2D eigenvalue weighted by atomic mass is 16.5. The van der Waals surface area contributed by atoms with Crippen molar-refractivity contribution in [2.24, 2.45) is 0 Å². The Kier molecular flexibility index (Phi) is 6.40. The highest BCUT2D eigenvalue weighted by Gasteiger charge is 2.18. The van der Waals surface area contributed by atoms with Crippen molar-refractivity contribution in [1.29, 1.82) is 0 Å². The molecule has 2 aromatic carbocycles. The Morgan fingerprint density at radius 3 is 2.30 bits per heavy atom. The Labute approximate surface area is 176 Å². The van der Waals surface area contributed by atoms with E-state index in [1.54, 1.807) is 14.0 Å². The lowest BCUT2D eigenvalue weighted by Gasteiger charge is -2.20. The molecule has 3 rings (SSSR count). The van der Waals surface area contributed by atoms with Gasteiger partial charge in [-0.3, -0.25) is 4.79 Å². The fraction of sp³-hybridized carbons (Fsp3) is 0.348. The number of ether oxygens (including phenoxy) is 2. The van der Waals surface area contributed by atoms with E-state index in [4.69, 9.17) is 14.0 Å². The lowest BCUT2D eigenvalue weighted by atomic mass is 9.87. The largest absolute Gasteiger partial charge is 0.497 e. The van der Waals surface area contributed by atoms with Gasteiger partial charge in [-0.15, -0.1) is 0 Å². The van der Waals surface area contributed by atoms with E-state index in [1.165, 1.54) is 5.56 Å². The van der Waals surface area contributed by atoms with Gasteiger partial charge in [0.2, 0.25) is 11.7 Å². The summed E-state index contributed by atoms with van der Waals surface area (Å²) in [6.45, 7) is 8.27. The molecule has 0 radical (unpaired) electrons.